The number of hydrogen-bond donors (Lipinski definition) is 2. The Morgan fingerprint density at radius 3 is 2.78 bits per heavy atom. The minimum absolute atomic E-state index is 0.0894. The summed E-state index contributed by atoms with van der Waals surface area (Å²) in [5.74, 6) is 0.277. The molecule has 2 N–H and O–H groups in total. The SMILES string of the molecule is Cc1cc(Cl)ccc1O[C@H](C)C(=O)N/N=C\c1ccccc1O. The Kier molecular flexibility index (Phi) is 5.60. The third-order valence-electron chi connectivity index (χ3n) is 3.13. The molecule has 23 heavy (non-hydrogen) atoms. The van der Waals surface area contributed by atoms with E-state index in [1.54, 1.807) is 43.3 Å². The van der Waals surface area contributed by atoms with Gasteiger partial charge in [-0.2, -0.15) is 5.10 Å². The Morgan fingerprint density at radius 2 is 2.09 bits per heavy atom. The number of carbonyl (C=O) groups is 1. The van der Waals surface area contributed by atoms with Crippen molar-refractivity contribution >= 4 is 23.7 Å². The molecule has 0 heterocycles. The summed E-state index contributed by atoms with van der Waals surface area (Å²) in [6, 6.07) is 11.9. The summed E-state index contributed by atoms with van der Waals surface area (Å²) >= 11 is 5.88. The quantitative estimate of drug-likeness (QED) is 0.652. The van der Waals surface area contributed by atoms with E-state index in [1.165, 1.54) is 12.3 Å². The summed E-state index contributed by atoms with van der Waals surface area (Å²) in [7, 11) is 0. The first-order valence-corrected chi connectivity index (χ1v) is 7.39. The monoisotopic (exact) mass is 332 g/mol. The van der Waals surface area contributed by atoms with Gasteiger partial charge in [-0.3, -0.25) is 4.79 Å². The highest BCUT2D eigenvalue weighted by molar-refractivity contribution is 6.30. The number of aromatic hydroxyl groups is 1. The molecule has 0 aliphatic heterocycles. The van der Waals surface area contributed by atoms with E-state index in [-0.39, 0.29) is 5.75 Å². The largest absolute Gasteiger partial charge is 0.507 e. The van der Waals surface area contributed by atoms with Crippen LogP contribution in [0.5, 0.6) is 11.5 Å². The Bertz CT molecular complexity index is 732. The Hall–Kier alpha value is -2.53. The first kappa shape index (κ1) is 16.8. The maximum absolute atomic E-state index is 12.0. The van der Waals surface area contributed by atoms with Gasteiger partial charge in [0.05, 0.1) is 6.21 Å². The lowest BCUT2D eigenvalue weighted by Crippen LogP contribution is -2.33. The van der Waals surface area contributed by atoms with Crippen LogP contribution in [0.1, 0.15) is 18.1 Å². The average molecular weight is 333 g/mol. The smallest absolute Gasteiger partial charge is 0.280 e. The van der Waals surface area contributed by atoms with E-state index < -0.39 is 12.0 Å². The summed E-state index contributed by atoms with van der Waals surface area (Å²) in [6.45, 7) is 3.47. The molecule has 0 fully saturated rings. The number of phenolic OH excluding ortho intramolecular Hbond substituents is 1. The van der Waals surface area contributed by atoms with Gasteiger partial charge in [-0.15, -0.1) is 0 Å². The van der Waals surface area contributed by atoms with Crippen molar-refractivity contribution < 1.29 is 14.6 Å². The van der Waals surface area contributed by atoms with Crippen molar-refractivity contribution in [3.8, 4) is 11.5 Å². The van der Waals surface area contributed by atoms with E-state index in [0.717, 1.165) is 5.56 Å². The highest BCUT2D eigenvalue weighted by Gasteiger charge is 2.15. The Balaban J connectivity index is 1.94. The molecule has 120 valence electrons. The lowest BCUT2D eigenvalue weighted by atomic mass is 10.2. The molecular weight excluding hydrogens is 316 g/mol. The number of carbonyl (C=O) groups excluding carboxylic acids is 1. The van der Waals surface area contributed by atoms with Crippen molar-refractivity contribution in [1.29, 1.82) is 0 Å². The topological polar surface area (TPSA) is 70.9 Å². The van der Waals surface area contributed by atoms with Crippen LogP contribution in [0, 0.1) is 6.92 Å². The van der Waals surface area contributed by atoms with Crippen LogP contribution in [-0.4, -0.2) is 23.3 Å². The van der Waals surface area contributed by atoms with Gasteiger partial charge >= 0.3 is 0 Å². The highest BCUT2D eigenvalue weighted by atomic mass is 35.5. The third-order valence-corrected chi connectivity index (χ3v) is 3.36. The minimum Gasteiger partial charge on any atom is -0.507 e. The first-order valence-electron chi connectivity index (χ1n) is 7.01. The predicted octanol–water partition coefficient (Wildman–Crippen LogP) is 3.27. The van der Waals surface area contributed by atoms with Gasteiger partial charge in [-0.05, 0) is 49.7 Å². The van der Waals surface area contributed by atoms with Crippen LogP contribution < -0.4 is 10.2 Å². The number of para-hydroxylation sites is 1. The van der Waals surface area contributed by atoms with E-state index in [4.69, 9.17) is 16.3 Å². The number of phenols is 1. The molecule has 2 aromatic rings. The molecule has 0 saturated heterocycles. The second kappa shape index (κ2) is 7.65. The van der Waals surface area contributed by atoms with Gasteiger partial charge in [0.1, 0.15) is 11.5 Å². The number of amides is 1. The maximum atomic E-state index is 12.0. The van der Waals surface area contributed by atoms with Crippen molar-refractivity contribution in [3.63, 3.8) is 0 Å². The Labute approximate surface area is 139 Å². The molecule has 0 saturated carbocycles. The molecule has 0 bridgehead atoms. The van der Waals surface area contributed by atoms with E-state index in [1.807, 2.05) is 6.92 Å². The van der Waals surface area contributed by atoms with Crippen molar-refractivity contribution in [3.05, 3.63) is 58.6 Å². The molecular formula is C17H17ClN2O3. The summed E-state index contributed by atoms with van der Waals surface area (Å²) in [5, 5.41) is 14.0. The summed E-state index contributed by atoms with van der Waals surface area (Å²) < 4.78 is 5.59. The van der Waals surface area contributed by atoms with E-state index in [0.29, 0.717) is 16.3 Å². The number of ether oxygens (including phenoxy) is 1. The van der Waals surface area contributed by atoms with Gasteiger partial charge in [0.25, 0.3) is 5.91 Å². The number of nitrogens with one attached hydrogen (secondary N) is 1. The van der Waals surface area contributed by atoms with Crippen LogP contribution >= 0.6 is 11.6 Å². The maximum Gasteiger partial charge on any atom is 0.280 e. The first-order chi connectivity index (χ1) is 11.0. The van der Waals surface area contributed by atoms with Gasteiger partial charge in [-0.1, -0.05) is 23.7 Å². The van der Waals surface area contributed by atoms with Gasteiger partial charge in [0.15, 0.2) is 6.10 Å². The highest BCUT2D eigenvalue weighted by Crippen LogP contribution is 2.22. The van der Waals surface area contributed by atoms with Crippen LogP contribution in [0.25, 0.3) is 0 Å². The zero-order chi connectivity index (χ0) is 16.8. The molecule has 0 aromatic heterocycles. The number of nitrogens with zero attached hydrogens (tertiary/aromatic N) is 1. The molecule has 6 heteroatoms. The molecule has 0 unspecified atom stereocenters. The number of rotatable bonds is 5. The zero-order valence-electron chi connectivity index (χ0n) is 12.8. The fourth-order valence-electron chi connectivity index (χ4n) is 1.84. The van der Waals surface area contributed by atoms with E-state index >= 15 is 0 Å². The Morgan fingerprint density at radius 1 is 1.35 bits per heavy atom. The van der Waals surface area contributed by atoms with Crippen LogP contribution in [0.4, 0.5) is 0 Å². The lowest BCUT2D eigenvalue weighted by molar-refractivity contribution is -0.127. The lowest BCUT2D eigenvalue weighted by Gasteiger charge is -2.14. The van der Waals surface area contributed by atoms with Crippen LogP contribution in [0.3, 0.4) is 0 Å². The van der Waals surface area contributed by atoms with Gasteiger partial charge in [-0.25, -0.2) is 5.43 Å². The van der Waals surface area contributed by atoms with Crippen molar-refractivity contribution in [1.82, 2.24) is 5.43 Å². The predicted molar refractivity (Wildman–Crippen MR) is 90.1 cm³/mol. The van der Waals surface area contributed by atoms with Gasteiger partial charge in [0, 0.05) is 10.6 Å². The number of benzene rings is 2. The normalized spacial score (nSPS) is 12.1. The van der Waals surface area contributed by atoms with Crippen LogP contribution in [0.2, 0.25) is 5.02 Å². The molecule has 2 aromatic carbocycles. The second-order valence-electron chi connectivity index (χ2n) is 4.96. The summed E-state index contributed by atoms with van der Waals surface area (Å²) in [6.07, 6.45) is 0.643. The summed E-state index contributed by atoms with van der Waals surface area (Å²) in [5.41, 5.74) is 3.73. The molecule has 0 aliphatic carbocycles. The molecule has 2 rings (SSSR count). The number of hydrazone groups is 1. The molecule has 0 radical (unpaired) electrons. The molecule has 1 amide bonds. The number of aryl methyl sites for hydroxylation is 1. The van der Waals surface area contributed by atoms with Gasteiger partial charge in [0.2, 0.25) is 0 Å². The minimum atomic E-state index is -0.726. The average Bonchev–Trinajstić information content (AvgIpc) is 2.51. The standard InChI is InChI=1S/C17H17ClN2O3/c1-11-9-14(18)7-8-16(11)23-12(2)17(22)20-19-10-13-5-3-4-6-15(13)21/h3-10,12,21H,1-2H3,(H,20,22)/b19-10-/t12-/m1/s1. The van der Waals surface area contributed by atoms with Crippen LogP contribution in [0.15, 0.2) is 47.6 Å². The van der Waals surface area contributed by atoms with Crippen LogP contribution in [-0.2, 0) is 4.79 Å². The second-order valence-corrected chi connectivity index (χ2v) is 5.40. The van der Waals surface area contributed by atoms with Crippen molar-refractivity contribution in [2.75, 3.05) is 0 Å². The van der Waals surface area contributed by atoms with Crippen molar-refractivity contribution in [2.24, 2.45) is 5.10 Å². The third kappa shape index (κ3) is 4.72. The summed E-state index contributed by atoms with van der Waals surface area (Å²) in [4.78, 5) is 12.0. The number of hydrogen-bond acceptors (Lipinski definition) is 4. The molecule has 0 spiro atoms. The molecule has 1 atom stereocenters. The molecule has 5 nitrogen and oxygen atoms in total. The van der Waals surface area contributed by atoms with Gasteiger partial charge < -0.3 is 9.84 Å². The van der Waals surface area contributed by atoms with Crippen molar-refractivity contribution in [2.45, 2.75) is 20.0 Å². The zero-order valence-corrected chi connectivity index (χ0v) is 13.5. The van der Waals surface area contributed by atoms with E-state index in [9.17, 15) is 9.90 Å². The number of halogens is 1. The fourth-order valence-corrected chi connectivity index (χ4v) is 2.07. The molecule has 0 aliphatic rings. The fraction of sp³-hybridized carbons (Fsp3) is 0.176. The van der Waals surface area contributed by atoms with E-state index in [2.05, 4.69) is 10.5 Å².